The fraction of sp³-hybridized carbons (Fsp3) is 0.167. The number of thiol groups is 1. The van der Waals surface area contributed by atoms with Gasteiger partial charge in [0, 0.05) is 17.4 Å². The van der Waals surface area contributed by atoms with E-state index in [2.05, 4.69) is 18.7 Å². The summed E-state index contributed by atoms with van der Waals surface area (Å²) in [6.07, 6.45) is 3.73. The van der Waals surface area contributed by atoms with Gasteiger partial charge in [0.15, 0.2) is 0 Å². The maximum Gasteiger partial charge on any atom is 0.328 e. The van der Waals surface area contributed by atoms with Gasteiger partial charge in [-0.1, -0.05) is 12.1 Å². The van der Waals surface area contributed by atoms with Crippen LogP contribution in [0.4, 0.5) is 0 Å². The average Bonchev–Trinajstić information content (AvgIpc) is 2.24. The van der Waals surface area contributed by atoms with Crippen molar-refractivity contribution in [2.24, 2.45) is 0 Å². The van der Waals surface area contributed by atoms with Crippen LogP contribution in [-0.2, 0) is 11.2 Å². The Hall–Kier alpha value is -1.73. The van der Waals surface area contributed by atoms with Crippen molar-refractivity contribution >= 4 is 24.7 Å². The largest absolute Gasteiger partial charge is 0.478 e. The summed E-state index contributed by atoms with van der Waals surface area (Å²) in [5.74, 6) is -0.985. The van der Waals surface area contributed by atoms with E-state index in [1.54, 1.807) is 6.07 Å². The second-order valence-corrected chi connectivity index (χ2v) is 3.70. The van der Waals surface area contributed by atoms with Crippen LogP contribution in [0.15, 0.2) is 29.2 Å². The van der Waals surface area contributed by atoms with E-state index < -0.39 is 5.97 Å². The van der Waals surface area contributed by atoms with Crippen LogP contribution >= 0.6 is 12.6 Å². The van der Waals surface area contributed by atoms with Crippen LogP contribution in [0.25, 0.3) is 6.08 Å². The third-order valence-electron chi connectivity index (χ3n) is 2.03. The molecular weight excluding hydrogens is 222 g/mol. The van der Waals surface area contributed by atoms with Crippen molar-refractivity contribution in [3.63, 3.8) is 0 Å². The number of aryl methyl sites for hydroxylation is 1. The van der Waals surface area contributed by atoms with Crippen LogP contribution < -0.4 is 0 Å². The molecule has 4 heteroatoms. The molecule has 0 unspecified atom stereocenters. The highest BCUT2D eigenvalue weighted by Gasteiger charge is 1.99. The summed E-state index contributed by atoms with van der Waals surface area (Å²) < 4.78 is 0. The minimum Gasteiger partial charge on any atom is -0.478 e. The molecule has 1 aromatic carbocycles. The fourth-order valence-electron chi connectivity index (χ4n) is 1.25. The van der Waals surface area contributed by atoms with E-state index in [1.165, 1.54) is 6.08 Å². The zero-order chi connectivity index (χ0) is 12.0. The van der Waals surface area contributed by atoms with E-state index in [0.29, 0.717) is 17.7 Å². The first-order valence-electron chi connectivity index (χ1n) is 4.73. The Morgan fingerprint density at radius 2 is 2.31 bits per heavy atom. The highest BCUT2D eigenvalue weighted by Crippen LogP contribution is 2.18. The molecule has 0 saturated heterocycles. The van der Waals surface area contributed by atoms with Crippen LogP contribution in [0.1, 0.15) is 17.5 Å². The van der Waals surface area contributed by atoms with E-state index in [1.807, 2.05) is 12.1 Å². The number of carboxylic acids is 1. The van der Waals surface area contributed by atoms with E-state index in [-0.39, 0.29) is 0 Å². The number of nitriles is 1. The van der Waals surface area contributed by atoms with E-state index in [0.717, 1.165) is 17.2 Å². The molecule has 0 aliphatic carbocycles. The van der Waals surface area contributed by atoms with Crippen LogP contribution in [0, 0.1) is 11.3 Å². The predicted octanol–water partition coefficient (Wildman–Crippen LogP) is 2.53. The maximum absolute atomic E-state index is 10.3. The minimum absolute atomic E-state index is 0.470. The topological polar surface area (TPSA) is 61.1 Å². The van der Waals surface area contributed by atoms with Crippen LogP contribution in [0.2, 0.25) is 0 Å². The van der Waals surface area contributed by atoms with E-state index in [9.17, 15) is 4.79 Å². The molecule has 0 aliphatic heterocycles. The number of aliphatic carboxylic acids is 1. The van der Waals surface area contributed by atoms with Gasteiger partial charge in [0.1, 0.15) is 0 Å². The molecule has 0 radical (unpaired) electrons. The summed E-state index contributed by atoms with van der Waals surface area (Å²) in [6.45, 7) is 0. The van der Waals surface area contributed by atoms with Gasteiger partial charge in [0.2, 0.25) is 0 Å². The van der Waals surface area contributed by atoms with Crippen molar-refractivity contribution < 1.29 is 9.90 Å². The Bertz CT molecular complexity index is 461. The summed E-state index contributed by atoms with van der Waals surface area (Å²) in [6, 6.07) is 7.60. The van der Waals surface area contributed by atoms with Gasteiger partial charge in [-0.05, 0) is 29.7 Å². The van der Waals surface area contributed by atoms with Gasteiger partial charge in [0.25, 0.3) is 0 Å². The fourth-order valence-corrected chi connectivity index (χ4v) is 1.56. The summed E-state index contributed by atoms with van der Waals surface area (Å²) in [5.41, 5.74) is 1.78. The molecule has 0 aromatic heterocycles. The molecule has 82 valence electrons. The van der Waals surface area contributed by atoms with Gasteiger partial charge >= 0.3 is 5.97 Å². The molecule has 0 bridgehead atoms. The Morgan fingerprint density at radius 1 is 1.56 bits per heavy atom. The molecule has 0 saturated carbocycles. The van der Waals surface area contributed by atoms with E-state index in [4.69, 9.17) is 10.4 Å². The lowest BCUT2D eigenvalue weighted by Crippen LogP contribution is -1.88. The first-order chi connectivity index (χ1) is 7.63. The molecule has 1 N–H and O–H groups in total. The minimum atomic E-state index is -0.985. The third kappa shape index (κ3) is 3.79. The Balaban J connectivity index is 2.83. The van der Waals surface area contributed by atoms with Crippen molar-refractivity contribution in [1.29, 1.82) is 5.26 Å². The summed E-state index contributed by atoms with van der Waals surface area (Å²) >= 11 is 4.27. The molecular formula is C12H11NO2S. The number of carboxylic acid groups (broad SMARTS) is 1. The SMILES string of the molecule is N#CCCc1ccc(/C=C/C(=O)O)c(S)c1. The molecule has 0 spiro atoms. The van der Waals surface area contributed by atoms with Gasteiger partial charge in [-0.2, -0.15) is 5.26 Å². The average molecular weight is 233 g/mol. The maximum atomic E-state index is 10.3. The zero-order valence-corrected chi connectivity index (χ0v) is 9.45. The lowest BCUT2D eigenvalue weighted by Gasteiger charge is -2.02. The Labute approximate surface area is 99.4 Å². The van der Waals surface area contributed by atoms with E-state index >= 15 is 0 Å². The summed E-state index contributed by atoms with van der Waals surface area (Å²) in [7, 11) is 0. The molecule has 0 heterocycles. The highest BCUT2D eigenvalue weighted by molar-refractivity contribution is 7.80. The second-order valence-electron chi connectivity index (χ2n) is 3.22. The molecule has 0 aliphatic rings. The number of benzene rings is 1. The van der Waals surface area contributed by atoms with Gasteiger partial charge < -0.3 is 5.11 Å². The molecule has 16 heavy (non-hydrogen) atoms. The first-order valence-corrected chi connectivity index (χ1v) is 5.18. The molecule has 3 nitrogen and oxygen atoms in total. The Morgan fingerprint density at radius 3 is 2.88 bits per heavy atom. The summed E-state index contributed by atoms with van der Waals surface area (Å²) in [4.78, 5) is 11.1. The van der Waals surface area contributed by atoms with Crippen molar-refractivity contribution in [3.05, 3.63) is 35.4 Å². The molecule has 1 aromatic rings. The van der Waals surface area contributed by atoms with Crippen molar-refractivity contribution in [3.8, 4) is 6.07 Å². The van der Waals surface area contributed by atoms with Crippen molar-refractivity contribution in [2.45, 2.75) is 17.7 Å². The number of nitrogens with zero attached hydrogens (tertiary/aromatic N) is 1. The second kappa shape index (κ2) is 5.99. The normalized spacial score (nSPS) is 10.2. The van der Waals surface area contributed by atoms with Crippen molar-refractivity contribution in [2.75, 3.05) is 0 Å². The number of hydrogen-bond donors (Lipinski definition) is 2. The lowest BCUT2D eigenvalue weighted by atomic mass is 10.1. The molecule has 1 rings (SSSR count). The highest BCUT2D eigenvalue weighted by atomic mass is 32.1. The zero-order valence-electron chi connectivity index (χ0n) is 8.55. The Kier molecular flexibility index (Phi) is 4.62. The predicted molar refractivity (Wildman–Crippen MR) is 64.3 cm³/mol. The van der Waals surface area contributed by atoms with Crippen LogP contribution in [0.3, 0.4) is 0 Å². The molecule has 0 amide bonds. The van der Waals surface area contributed by atoms with Gasteiger partial charge in [-0.15, -0.1) is 12.6 Å². The number of hydrogen-bond acceptors (Lipinski definition) is 3. The molecule has 0 atom stereocenters. The quantitative estimate of drug-likeness (QED) is 0.620. The smallest absolute Gasteiger partial charge is 0.328 e. The van der Waals surface area contributed by atoms with Crippen LogP contribution in [0.5, 0.6) is 0 Å². The van der Waals surface area contributed by atoms with Crippen LogP contribution in [-0.4, -0.2) is 11.1 Å². The lowest BCUT2D eigenvalue weighted by molar-refractivity contribution is -0.131. The molecule has 0 fully saturated rings. The van der Waals surface area contributed by atoms with Gasteiger partial charge in [-0.25, -0.2) is 4.79 Å². The standard InChI is InChI=1S/C12H11NO2S/c13-7-1-2-9-3-4-10(11(16)8-9)5-6-12(14)15/h3-6,8,16H,1-2H2,(H,14,15)/b6-5+. The first kappa shape index (κ1) is 12.3. The van der Waals surface area contributed by atoms with Gasteiger partial charge in [0.05, 0.1) is 6.07 Å². The monoisotopic (exact) mass is 233 g/mol. The van der Waals surface area contributed by atoms with Gasteiger partial charge in [-0.3, -0.25) is 0 Å². The summed E-state index contributed by atoms with van der Waals surface area (Å²) in [5, 5.41) is 16.9. The number of carbonyl (C=O) groups is 1. The number of rotatable bonds is 4. The van der Waals surface area contributed by atoms with Crippen molar-refractivity contribution in [1.82, 2.24) is 0 Å². The third-order valence-corrected chi connectivity index (χ3v) is 2.41.